The minimum Gasteiger partial charge on any atom is -0.468 e. The number of likely N-dealkylation sites (N-methyl/N-ethyl adjacent to an activating group) is 1. The number of carbonyl (C=O) groups excluding carboxylic acids is 1. The van der Waals surface area contributed by atoms with Crippen LogP contribution in [0.15, 0.2) is 0 Å². The first kappa shape index (κ1) is 11.5. The molecule has 1 fully saturated rings. The van der Waals surface area contributed by atoms with E-state index in [1.165, 1.54) is 7.11 Å². The van der Waals surface area contributed by atoms with Crippen molar-refractivity contribution in [1.82, 2.24) is 9.80 Å². The number of carbonyl (C=O) groups is 1. The van der Waals surface area contributed by atoms with Crippen LogP contribution in [0.25, 0.3) is 0 Å². The van der Waals surface area contributed by atoms with Crippen LogP contribution in [0.5, 0.6) is 0 Å². The number of ether oxygens (including phenoxy) is 1. The molecule has 1 aliphatic heterocycles. The highest BCUT2D eigenvalue weighted by Gasteiger charge is 2.29. The number of piperazine rings is 1. The molecular formula is C10H20N2O2. The highest BCUT2D eigenvalue weighted by Crippen LogP contribution is 2.12. The molecule has 4 heteroatoms. The third-order valence-electron chi connectivity index (χ3n) is 2.92. The van der Waals surface area contributed by atoms with Gasteiger partial charge in [-0.2, -0.15) is 0 Å². The first-order valence-electron chi connectivity index (χ1n) is 5.08. The topological polar surface area (TPSA) is 32.8 Å². The first-order chi connectivity index (χ1) is 6.56. The summed E-state index contributed by atoms with van der Waals surface area (Å²) in [6, 6.07) is 0.298. The summed E-state index contributed by atoms with van der Waals surface area (Å²) >= 11 is 0. The Labute approximate surface area is 85.8 Å². The van der Waals surface area contributed by atoms with E-state index in [-0.39, 0.29) is 12.0 Å². The van der Waals surface area contributed by atoms with Crippen molar-refractivity contribution >= 4 is 5.97 Å². The molecule has 0 aromatic heterocycles. The zero-order valence-corrected chi connectivity index (χ0v) is 9.49. The van der Waals surface area contributed by atoms with Crippen molar-refractivity contribution in [1.29, 1.82) is 0 Å². The second-order valence-corrected chi connectivity index (χ2v) is 4.05. The van der Waals surface area contributed by atoms with Crippen molar-refractivity contribution in [3.8, 4) is 0 Å². The average Bonchev–Trinajstić information content (AvgIpc) is 2.15. The molecule has 14 heavy (non-hydrogen) atoms. The smallest absolute Gasteiger partial charge is 0.322 e. The number of methoxy groups -OCH3 is 1. The van der Waals surface area contributed by atoms with Gasteiger partial charge >= 0.3 is 5.97 Å². The normalized spacial score (nSPS) is 27.3. The Bertz CT molecular complexity index is 208. The molecule has 0 aromatic carbocycles. The fourth-order valence-corrected chi connectivity index (χ4v) is 2.04. The standard InChI is InChI=1S/C10H20N2O2/c1-8-7-11(3)5-6-12(8)9(2)10(13)14-4/h8-9H,5-7H2,1-4H3/t8-,9?/m1/s1. The van der Waals surface area contributed by atoms with Crippen LogP contribution in [0.3, 0.4) is 0 Å². The van der Waals surface area contributed by atoms with Crippen molar-refractivity contribution in [3.63, 3.8) is 0 Å². The second kappa shape index (κ2) is 4.75. The van der Waals surface area contributed by atoms with Gasteiger partial charge in [-0.15, -0.1) is 0 Å². The molecule has 0 aliphatic carbocycles. The Hall–Kier alpha value is -0.610. The van der Waals surface area contributed by atoms with E-state index in [0.717, 1.165) is 19.6 Å². The fraction of sp³-hybridized carbons (Fsp3) is 0.900. The van der Waals surface area contributed by atoms with E-state index in [1.807, 2.05) is 6.92 Å². The van der Waals surface area contributed by atoms with Gasteiger partial charge in [0.25, 0.3) is 0 Å². The molecule has 1 aliphatic rings. The highest BCUT2D eigenvalue weighted by atomic mass is 16.5. The van der Waals surface area contributed by atoms with Crippen LogP contribution in [-0.4, -0.2) is 61.6 Å². The van der Waals surface area contributed by atoms with E-state index in [1.54, 1.807) is 0 Å². The monoisotopic (exact) mass is 200 g/mol. The summed E-state index contributed by atoms with van der Waals surface area (Å²) in [4.78, 5) is 15.8. The minimum absolute atomic E-state index is 0.122. The molecule has 0 spiro atoms. The van der Waals surface area contributed by atoms with Gasteiger partial charge in [-0.05, 0) is 20.9 Å². The lowest BCUT2D eigenvalue weighted by Crippen LogP contribution is -2.55. The van der Waals surface area contributed by atoms with Crippen LogP contribution in [0.2, 0.25) is 0 Å². The number of esters is 1. The molecule has 0 amide bonds. The summed E-state index contributed by atoms with van der Waals surface area (Å²) in [5, 5.41) is 0. The molecule has 0 N–H and O–H groups in total. The first-order valence-corrected chi connectivity index (χ1v) is 5.08. The van der Waals surface area contributed by atoms with Crippen LogP contribution >= 0.6 is 0 Å². The summed E-state index contributed by atoms with van der Waals surface area (Å²) < 4.78 is 4.75. The molecule has 1 unspecified atom stereocenters. The number of hydrogen-bond donors (Lipinski definition) is 0. The minimum atomic E-state index is -0.138. The molecular weight excluding hydrogens is 180 g/mol. The van der Waals surface area contributed by atoms with Gasteiger partial charge < -0.3 is 9.64 Å². The Morgan fingerprint density at radius 1 is 1.50 bits per heavy atom. The zero-order valence-electron chi connectivity index (χ0n) is 9.49. The lowest BCUT2D eigenvalue weighted by Gasteiger charge is -2.40. The third kappa shape index (κ3) is 2.45. The Balaban J connectivity index is 2.55. The summed E-state index contributed by atoms with van der Waals surface area (Å²) in [5.74, 6) is -0.138. The maximum Gasteiger partial charge on any atom is 0.322 e. The molecule has 0 bridgehead atoms. The van der Waals surface area contributed by atoms with Crippen molar-refractivity contribution in [3.05, 3.63) is 0 Å². The number of rotatable bonds is 2. The Morgan fingerprint density at radius 2 is 2.14 bits per heavy atom. The molecule has 0 saturated carbocycles. The lowest BCUT2D eigenvalue weighted by molar-refractivity contribution is -0.148. The van der Waals surface area contributed by atoms with Gasteiger partial charge in [-0.3, -0.25) is 9.69 Å². The maximum absolute atomic E-state index is 11.4. The molecule has 82 valence electrons. The molecule has 2 atom stereocenters. The van der Waals surface area contributed by atoms with Gasteiger partial charge in [0.1, 0.15) is 6.04 Å². The average molecular weight is 200 g/mol. The number of hydrogen-bond acceptors (Lipinski definition) is 4. The van der Waals surface area contributed by atoms with Gasteiger partial charge in [0.05, 0.1) is 7.11 Å². The van der Waals surface area contributed by atoms with Crippen molar-refractivity contribution in [2.24, 2.45) is 0 Å². The molecule has 4 nitrogen and oxygen atoms in total. The van der Waals surface area contributed by atoms with E-state index < -0.39 is 0 Å². The van der Waals surface area contributed by atoms with Crippen molar-refractivity contribution in [2.75, 3.05) is 33.8 Å². The van der Waals surface area contributed by atoms with Crippen LogP contribution < -0.4 is 0 Å². The van der Waals surface area contributed by atoms with E-state index in [9.17, 15) is 4.79 Å². The van der Waals surface area contributed by atoms with E-state index in [0.29, 0.717) is 6.04 Å². The SMILES string of the molecule is COC(=O)C(C)N1CCN(C)C[C@H]1C. The quantitative estimate of drug-likeness (QED) is 0.595. The van der Waals surface area contributed by atoms with E-state index in [4.69, 9.17) is 4.74 Å². The molecule has 1 heterocycles. The van der Waals surface area contributed by atoms with Crippen molar-refractivity contribution in [2.45, 2.75) is 25.9 Å². The largest absolute Gasteiger partial charge is 0.468 e. The lowest BCUT2D eigenvalue weighted by atomic mass is 10.1. The molecule has 1 rings (SSSR count). The summed E-state index contributed by atoms with van der Waals surface area (Å²) in [5.41, 5.74) is 0. The predicted octanol–water partition coefficient (Wildman–Crippen LogP) is 0.184. The maximum atomic E-state index is 11.4. The second-order valence-electron chi connectivity index (χ2n) is 4.05. The Morgan fingerprint density at radius 3 is 2.64 bits per heavy atom. The van der Waals surface area contributed by atoms with Gasteiger partial charge in [-0.25, -0.2) is 0 Å². The molecule has 1 saturated heterocycles. The Kier molecular flexibility index (Phi) is 3.89. The van der Waals surface area contributed by atoms with Crippen molar-refractivity contribution < 1.29 is 9.53 Å². The van der Waals surface area contributed by atoms with Gasteiger partial charge in [0.15, 0.2) is 0 Å². The summed E-state index contributed by atoms with van der Waals surface area (Å²) in [6.45, 7) is 7.03. The highest BCUT2D eigenvalue weighted by molar-refractivity contribution is 5.75. The van der Waals surface area contributed by atoms with Crippen LogP contribution in [0.1, 0.15) is 13.8 Å². The predicted molar refractivity (Wildman–Crippen MR) is 55.1 cm³/mol. The van der Waals surface area contributed by atoms with E-state index in [2.05, 4.69) is 23.8 Å². The van der Waals surface area contributed by atoms with Gasteiger partial charge in [0.2, 0.25) is 0 Å². The number of nitrogens with zero attached hydrogens (tertiary/aromatic N) is 2. The third-order valence-corrected chi connectivity index (χ3v) is 2.92. The van der Waals surface area contributed by atoms with Crippen LogP contribution in [0.4, 0.5) is 0 Å². The fourth-order valence-electron chi connectivity index (χ4n) is 2.04. The van der Waals surface area contributed by atoms with Crippen LogP contribution in [-0.2, 0) is 9.53 Å². The van der Waals surface area contributed by atoms with Gasteiger partial charge in [0, 0.05) is 25.7 Å². The van der Waals surface area contributed by atoms with E-state index >= 15 is 0 Å². The molecule has 0 radical (unpaired) electrons. The molecule has 0 aromatic rings. The van der Waals surface area contributed by atoms with Crippen LogP contribution in [0, 0.1) is 0 Å². The van der Waals surface area contributed by atoms with Gasteiger partial charge in [-0.1, -0.05) is 0 Å². The zero-order chi connectivity index (χ0) is 10.7. The summed E-state index contributed by atoms with van der Waals surface area (Å²) in [6.07, 6.45) is 0. The summed E-state index contributed by atoms with van der Waals surface area (Å²) in [7, 11) is 3.55.